The predicted molar refractivity (Wildman–Crippen MR) is 75.8 cm³/mol. The number of hydrogen-bond acceptors (Lipinski definition) is 2. The van der Waals surface area contributed by atoms with Gasteiger partial charge in [-0.1, -0.05) is 42.0 Å². The number of amides is 1. The number of rotatable bonds is 4. The fraction of sp³-hybridized carbons (Fsp3) is 0.125. The Morgan fingerprint density at radius 1 is 1.00 bits per heavy atom. The Balaban J connectivity index is 2.09. The molecule has 0 aliphatic rings. The molecule has 0 radical (unpaired) electrons. The molecule has 2 rings (SSSR count). The van der Waals surface area contributed by atoms with Crippen LogP contribution in [0.15, 0.2) is 48.5 Å². The van der Waals surface area contributed by atoms with E-state index in [4.69, 9.17) is 5.11 Å². The van der Waals surface area contributed by atoms with Crippen LogP contribution in [0.1, 0.15) is 31.8 Å². The van der Waals surface area contributed by atoms with Crippen LogP contribution >= 0.6 is 0 Å². The van der Waals surface area contributed by atoms with Crippen molar-refractivity contribution < 1.29 is 14.7 Å². The van der Waals surface area contributed by atoms with Crippen LogP contribution in [-0.4, -0.2) is 17.0 Å². The van der Waals surface area contributed by atoms with Gasteiger partial charge in [0.25, 0.3) is 5.91 Å². The summed E-state index contributed by atoms with van der Waals surface area (Å²) in [7, 11) is 0. The van der Waals surface area contributed by atoms with Crippen LogP contribution in [0.25, 0.3) is 0 Å². The van der Waals surface area contributed by atoms with Crippen LogP contribution < -0.4 is 5.32 Å². The lowest BCUT2D eigenvalue weighted by atomic mass is 10.1. The van der Waals surface area contributed by atoms with Gasteiger partial charge in [-0.05, 0) is 24.6 Å². The minimum atomic E-state index is -1.11. The van der Waals surface area contributed by atoms with Crippen molar-refractivity contribution in [3.8, 4) is 0 Å². The highest BCUT2D eigenvalue weighted by Gasteiger charge is 2.15. The molecule has 2 N–H and O–H groups in total. The molecule has 4 nitrogen and oxygen atoms in total. The molecule has 0 saturated heterocycles. The standard InChI is InChI=1S/C16H15NO3/c1-11-6-8-12(9-7-11)10-17-15(18)13-4-2-3-5-14(13)16(19)20/h2-9H,10H2,1H3,(H,17,18)(H,19,20). The quantitative estimate of drug-likeness (QED) is 0.896. The molecule has 0 heterocycles. The molecule has 0 unspecified atom stereocenters. The molecular formula is C16H15NO3. The smallest absolute Gasteiger partial charge is 0.336 e. The molecule has 0 bridgehead atoms. The number of carboxylic acid groups (broad SMARTS) is 1. The molecule has 2 aromatic rings. The second-order valence-corrected chi connectivity index (χ2v) is 4.52. The van der Waals surface area contributed by atoms with E-state index >= 15 is 0 Å². The van der Waals surface area contributed by atoms with Crippen molar-refractivity contribution in [3.63, 3.8) is 0 Å². The van der Waals surface area contributed by atoms with Crippen LogP contribution in [0.2, 0.25) is 0 Å². The van der Waals surface area contributed by atoms with E-state index < -0.39 is 5.97 Å². The maximum absolute atomic E-state index is 12.0. The van der Waals surface area contributed by atoms with Gasteiger partial charge >= 0.3 is 5.97 Å². The van der Waals surface area contributed by atoms with Crippen LogP contribution in [-0.2, 0) is 6.54 Å². The lowest BCUT2D eigenvalue weighted by molar-refractivity contribution is 0.0691. The van der Waals surface area contributed by atoms with E-state index in [0.29, 0.717) is 6.54 Å². The van der Waals surface area contributed by atoms with Gasteiger partial charge in [-0.2, -0.15) is 0 Å². The summed E-state index contributed by atoms with van der Waals surface area (Å²) in [4.78, 5) is 23.1. The second kappa shape index (κ2) is 6.02. The highest BCUT2D eigenvalue weighted by Crippen LogP contribution is 2.09. The highest BCUT2D eigenvalue weighted by atomic mass is 16.4. The molecule has 2 aromatic carbocycles. The number of benzene rings is 2. The fourth-order valence-corrected chi connectivity index (χ4v) is 1.85. The van der Waals surface area contributed by atoms with Crippen LogP contribution in [0.5, 0.6) is 0 Å². The van der Waals surface area contributed by atoms with Crippen LogP contribution in [0, 0.1) is 6.92 Å². The van der Waals surface area contributed by atoms with Crippen molar-refractivity contribution in [2.45, 2.75) is 13.5 Å². The van der Waals surface area contributed by atoms with Crippen molar-refractivity contribution in [2.24, 2.45) is 0 Å². The molecule has 0 aliphatic heterocycles. The molecule has 4 heteroatoms. The Labute approximate surface area is 117 Å². The van der Waals surface area contributed by atoms with Crippen molar-refractivity contribution in [3.05, 3.63) is 70.8 Å². The number of carboxylic acids is 1. The zero-order chi connectivity index (χ0) is 14.5. The zero-order valence-corrected chi connectivity index (χ0v) is 11.1. The number of aromatic carboxylic acids is 1. The maximum atomic E-state index is 12.0. The fourth-order valence-electron chi connectivity index (χ4n) is 1.85. The van der Waals surface area contributed by atoms with Gasteiger partial charge in [0.2, 0.25) is 0 Å². The first-order valence-electron chi connectivity index (χ1n) is 6.24. The summed E-state index contributed by atoms with van der Waals surface area (Å²) in [5.74, 6) is -1.49. The summed E-state index contributed by atoms with van der Waals surface area (Å²) >= 11 is 0. The lowest BCUT2D eigenvalue weighted by Crippen LogP contribution is -2.24. The zero-order valence-electron chi connectivity index (χ0n) is 11.1. The molecule has 102 valence electrons. The number of aryl methyl sites for hydroxylation is 1. The first-order valence-corrected chi connectivity index (χ1v) is 6.24. The van der Waals surface area contributed by atoms with E-state index in [9.17, 15) is 9.59 Å². The van der Waals surface area contributed by atoms with E-state index in [1.54, 1.807) is 12.1 Å². The minimum Gasteiger partial charge on any atom is -0.478 e. The van der Waals surface area contributed by atoms with Crippen LogP contribution in [0.3, 0.4) is 0 Å². The van der Waals surface area contributed by atoms with Crippen molar-refractivity contribution in [1.29, 1.82) is 0 Å². The third-order valence-electron chi connectivity index (χ3n) is 2.98. The second-order valence-electron chi connectivity index (χ2n) is 4.52. The van der Waals surface area contributed by atoms with Crippen molar-refractivity contribution in [2.75, 3.05) is 0 Å². The molecule has 0 aliphatic carbocycles. The average molecular weight is 269 g/mol. The Kier molecular flexibility index (Phi) is 4.15. The largest absolute Gasteiger partial charge is 0.478 e. The van der Waals surface area contributed by atoms with Crippen LogP contribution in [0.4, 0.5) is 0 Å². The summed E-state index contributed by atoms with van der Waals surface area (Å²) in [6, 6.07) is 14.0. The number of carbonyl (C=O) groups is 2. The van der Waals surface area contributed by atoms with E-state index in [1.807, 2.05) is 31.2 Å². The van der Waals surface area contributed by atoms with Gasteiger partial charge in [-0.15, -0.1) is 0 Å². The van der Waals surface area contributed by atoms with Gasteiger partial charge in [0.05, 0.1) is 11.1 Å². The number of hydrogen-bond donors (Lipinski definition) is 2. The summed E-state index contributed by atoms with van der Waals surface area (Å²) in [5, 5.41) is 11.8. The van der Waals surface area contributed by atoms with Crippen molar-refractivity contribution >= 4 is 11.9 Å². The third-order valence-corrected chi connectivity index (χ3v) is 2.98. The lowest BCUT2D eigenvalue weighted by Gasteiger charge is -2.08. The van der Waals surface area contributed by atoms with E-state index in [2.05, 4.69) is 5.32 Å². The van der Waals surface area contributed by atoms with E-state index in [1.165, 1.54) is 12.1 Å². The van der Waals surface area contributed by atoms with E-state index in [0.717, 1.165) is 11.1 Å². The molecule has 20 heavy (non-hydrogen) atoms. The Morgan fingerprint density at radius 3 is 2.20 bits per heavy atom. The first-order chi connectivity index (χ1) is 9.58. The summed E-state index contributed by atoms with van der Waals surface area (Å²) in [6.07, 6.45) is 0. The van der Waals surface area contributed by atoms with Gasteiger partial charge in [0, 0.05) is 6.54 Å². The molecule has 0 fully saturated rings. The normalized spacial score (nSPS) is 10.1. The maximum Gasteiger partial charge on any atom is 0.336 e. The summed E-state index contributed by atoms with van der Waals surface area (Å²) in [6.45, 7) is 2.36. The Bertz CT molecular complexity index is 632. The average Bonchev–Trinajstić information content (AvgIpc) is 2.46. The molecule has 0 atom stereocenters. The van der Waals surface area contributed by atoms with Gasteiger partial charge in [-0.25, -0.2) is 4.79 Å². The number of nitrogens with one attached hydrogen (secondary N) is 1. The monoisotopic (exact) mass is 269 g/mol. The SMILES string of the molecule is Cc1ccc(CNC(=O)c2ccccc2C(=O)O)cc1. The van der Waals surface area contributed by atoms with Gasteiger partial charge in [0.15, 0.2) is 0 Å². The predicted octanol–water partition coefficient (Wildman–Crippen LogP) is 2.62. The molecule has 1 amide bonds. The first kappa shape index (κ1) is 13.8. The molecule has 0 saturated carbocycles. The molecule has 0 spiro atoms. The minimum absolute atomic E-state index is 0.00825. The Morgan fingerprint density at radius 2 is 1.60 bits per heavy atom. The summed E-state index contributed by atoms with van der Waals surface area (Å²) < 4.78 is 0. The Hall–Kier alpha value is -2.62. The van der Waals surface area contributed by atoms with Gasteiger partial charge in [-0.3, -0.25) is 4.79 Å². The van der Waals surface area contributed by atoms with Gasteiger partial charge in [0.1, 0.15) is 0 Å². The summed E-state index contributed by atoms with van der Waals surface area (Å²) in [5.41, 5.74) is 2.30. The topological polar surface area (TPSA) is 66.4 Å². The third kappa shape index (κ3) is 3.23. The highest BCUT2D eigenvalue weighted by molar-refractivity contribution is 6.04. The molecular weight excluding hydrogens is 254 g/mol. The van der Waals surface area contributed by atoms with E-state index in [-0.39, 0.29) is 17.0 Å². The molecule has 0 aromatic heterocycles. The van der Waals surface area contributed by atoms with Crippen molar-refractivity contribution in [1.82, 2.24) is 5.32 Å². The number of carbonyl (C=O) groups excluding carboxylic acids is 1. The van der Waals surface area contributed by atoms with Gasteiger partial charge < -0.3 is 10.4 Å².